The van der Waals surface area contributed by atoms with E-state index in [1.807, 2.05) is 30.5 Å². The molecule has 3 aromatic rings. The molecule has 25 heavy (non-hydrogen) atoms. The van der Waals surface area contributed by atoms with Gasteiger partial charge in [-0.3, -0.25) is 4.90 Å². The molecule has 0 saturated heterocycles. The van der Waals surface area contributed by atoms with E-state index in [0.29, 0.717) is 6.04 Å². The van der Waals surface area contributed by atoms with Crippen LogP contribution in [0.1, 0.15) is 30.6 Å². The molecule has 0 aliphatic carbocycles. The van der Waals surface area contributed by atoms with Crippen molar-refractivity contribution in [2.24, 2.45) is 0 Å². The Bertz CT molecular complexity index is 826. The third-order valence-corrected chi connectivity index (χ3v) is 4.95. The molecular weight excluding hydrogens is 334 g/mol. The first-order valence-corrected chi connectivity index (χ1v) is 9.05. The van der Waals surface area contributed by atoms with Crippen molar-refractivity contribution in [1.29, 1.82) is 0 Å². The van der Waals surface area contributed by atoms with Crippen LogP contribution < -0.4 is 4.74 Å². The predicted octanol–water partition coefficient (Wildman–Crippen LogP) is 3.62. The van der Waals surface area contributed by atoms with Crippen LogP contribution in [0.4, 0.5) is 0 Å². The van der Waals surface area contributed by atoms with Gasteiger partial charge < -0.3 is 9.30 Å². The number of hydrogen-bond donors (Lipinski definition) is 0. The van der Waals surface area contributed by atoms with Gasteiger partial charge >= 0.3 is 0 Å². The minimum absolute atomic E-state index is 0.360. The minimum Gasteiger partial charge on any atom is -0.496 e. The summed E-state index contributed by atoms with van der Waals surface area (Å²) >= 11 is 1.69. The van der Waals surface area contributed by atoms with Crippen molar-refractivity contribution >= 4 is 11.3 Å². The Labute approximate surface area is 152 Å². The van der Waals surface area contributed by atoms with Crippen molar-refractivity contribution in [3.8, 4) is 16.3 Å². The number of methoxy groups -OCH3 is 1. The Hall–Kier alpha value is -2.25. The maximum Gasteiger partial charge on any atom is 0.147 e. The molecule has 0 bridgehead atoms. The van der Waals surface area contributed by atoms with Crippen LogP contribution in [-0.2, 0) is 13.1 Å². The van der Waals surface area contributed by atoms with Gasteiger partial charge in [-0.15, -0.1) is 21.5 Å². The van der Waals surface area contributed by atoms with Crippen LogP contribution in [0.25, 0.3) is 10.6 Å². The lowest BCUT2D eigenvalue weighted by molar-refractivity contribution is 0.304. The van der Waals surface area contributed by atoms with Crippen molar-refractivity contribution in [3.05, 3.63) is 47.5 Å². The van der Waals surface area contributed by atoms with Crippen LogP contribution in [0.3, 0.4) is 0 Å². The van der Waals surface area contributed by atoms with Crippen LogP contribution in [0.2, 0.25) is 0 Å². The third kappa shape index (κ3) is 4.05. The smallest absolute Gasteiger partial charge is 0.147 e. The molecule has 0 aliphatic rings. The van der Waals surface area contributed by atoms with E-state index in [1.165, 1.54) is 4.88 Å². The summed E-state index contributed by atoms with van der Waals surface area (Å²) in [7, 11) is 3.77. The fourth-order valence-electron chi connectivity index (χ4n) is 2.70. The summed E-state index contributed by atoms with van der Waals surface area (Å²) in [5.41, 5.74) is 1.03. The normalized spacial score (nSPS) is 11.4. The van der Waals surface area contributed by atoms with Crippen molar-refractivity contribution in [2.75, 3.05) is 14.2 Å². The molecule has 0 saturated carbocycles. The van der Waals surface area contributed by atoms with Crippen molar-refractivity contribution < 1.29 is 4.74 Å². The Balaban J connectivity index is 1.70. The zero-order valence-electron chi connectivity index (χ0n) is 15.0. The van der Waals surface area contributed by atoms with E-state index in [1.54, 1.807) is 24.8 Å². The number of ether oxygens (including phenoxy) is 1. The number of benzene rings is 1. The second-order valence-electron chi connectivity index (χ2n) is 6.25. The summed E-state index contributed by atoms with van der Waals surface area (Å²) in [6, 6.07) is 8.33. The maximum atomic E-state index is 5.43. The molecule has 1 aromatic carbocycles. The van der Waals surface area contributed by atoms with Gasteiger partial charge in [-0.1, -0.05) is 12.1 Å². The van der Waals surface area contributed by atoms with Gasteiger partial charge in [0.1, 0.15) is 22.9 Å². The average Bonchev–Trinajstić information content (AvgIpc) is 3.24. The van der Waals surface area contributed by atoms with Gasteiger partial charge in [-0.25, -0.2) is 4.98 Å². The summed E-state index contributed by atoms with van der Waals surface area (Å²) in [6.07, 6.45) is 3.73. The second kappa shape index (κ2) is 7.76. The number of hydrogen-bond acceptors (Lipinski definition) is 6. The first-order valence-electron chi connectivity index (χ1n) is 8.23. The molecule has 0 radical (unpaired) electrons. The topological polar surface area (TPSA) is 56.1 Å². The summed E-state index contributed by atoms with van der Waals surface area (Å²) in [6.45, 7) is 5.84. The minimum atomic E-state index is 0.360. The molecule has 0 N–H and O–H groups in total. The summed E-state index contributed by atoms with van der Waals surface area (Å²) in [4.78, 5) is 8.00. The van der Waals surface area contributed by atoms with E-state index in [9.17, 15) is 0 Å². The quantitative estimate of drug-likeness (QED) is 0.646. The zero-order chi connectivity index (χ0) is 17.8. The highest BCUT2D eigenvalue weighted by Gasteiger charge is 2.13. The third-order valence-electron chi connectivity index (χ3n) is 3.93. The van der Waals surface area contributed by atoms with Gasteiger partial charge in [0, 0.05) is 23.7 Å². The molecule has 0 amide bonds. The molecule has 0 aliphatic heterocycles. The lowest BCUT2D eigenvalue weighted by atomic mass is 10.2. The number of thiazole rings is 1. The zero-order valence-corrected chi connectivity index (χ0v) is 15.8. The molecule has 6 nitrogen and oxygen atoms in total. The van der Waals surface area contributed by atoms with Gasteiger partial charge in [-0.05, 0) is 33.0 Å². The number of aromatic nitrogens is 4. The van der Waals surface area contributed by atoms with Gasteiger partial charge in [0.2, 0.25) is 0 Å². The van der Waals surface area contributed by atoms with Crippen LogP contribution in [0, 0.1) is 0 Å². The van der Waals surface area contributed by atoms with Crippen LogP contribution >= 0.6 is 11.3 Å². The first-order chi connectivity index (χ1) is 12.1. The maximum absolute atomic E-state index is 5.43. The summed E-state index contributed by atoms with van der Waals surface area (Å²) in [5.74, 6) is 1.83. The fraction of sp³-hybridized carbons (Fsp3) is 0.389. The lowest BCUT2D eigenvalue weighted by Gasteiger charge is -2.17. The van der Waals surface area contributed by atoms with E-state index in [0.717, 1.165) is 35.2 Å². The number of nitrogens with zero attached hydrogens (tertiary/aromatic N) is 5. The molecule has 0 unspecified atom stereocenters. The number of rotatable bonds is 7. The fourth-order valence-corrected chi connectivity index (χ4v) is 3.72. The highest BCUT2D eigenvalue weighted by molar-refractivity contribution is 7.15. The van der Waals surface area contributed by atoms with E-state index in [-0.39, 0.29) is 0 Å². The largest absolute Gasteiger partial charge is 0.496 e. The molecule has 0 atom stereocenters. The highest BCUT2D eigenvalue weighted by atomic mass is 32.1. The van der Waals surface area contributed by atoms with E-state index in [2.05, 4.69) is 45.5 Å². The highest BCUT2D eigenvalue weighted by Crippen LogP contribution is 2.32. The van der Waals surface area contributed by atoms with Crippen LogP contribution in [0.5, 0.6) is 5.75 Å². The molecule has 3 rings (SSSR count). The molecule has 0 fully saturated rings. The second-order valence-corrected chi connectivity index (χ2v) is 7.37. The van der Waals surface area contributed by atoms with E-state index in [4.69, 9.17) is 4.74 Å². The van der Waals surface area contributed by atoms with Crippen molar-refractivity contribution in [1.82, 2.24) is 24.6 Å². The monoisotopic (exact) mass is 357 g/mol. The average molecular weight is 357 g/mol. The lowest BCUT2D eigenvalue weighted by Crippen LogP contribution is -2.20. The SMILES string of the molecule is COc1ccccc1-c1ncc(CN(C)Cc2nncn2C(C)C)s1. The molecular formula is C18H23N5OS. The first kappa shape index (κ1) is 17.6. The molecule has 2 heterocycles. The Morgan fingerprint density at radius 3 is 2.80 bits per heavy atom. The molecule has 132 valence electrons. The molecule has 7 heteroatoms. The Kier molecular flexibility index (Phi) is 5.45. The van der Waals surface area contributed by atoms with Crippen LogP contribution in [-0.4, -0.2) is 38.8 Å². The van der Waals surface area contributed by atoms with E-state index < -0.39 is 0 Å². The standard InChI is InChI=1S/C18H23N5OS/c1-13(2)23-12-20-21-17(23)11-22(3)10-14-9-19-18(25-14)15-7-5-6-8-16(15)24-4/h5-9,12-13H,10-11H2,1-4H3. The van der Waals surface area contributed by atoms with Crippen molar-refractivity contribution in [2.45, 2.75) is 33.0 Å². The van der Waals surface area contributed by atoms with Gasteiger partial charge in [-0.2, -0.15) is 0 Å². The molecule has 2 aromatic heterocycles. The summed E-state index contributed by atoms with van der Waals surface area (Å²) in [5, 5.41) is 9.24. The van der Waals surface area contributed by atoms with Crippen molar-refractivity contribution in [3.63, 3.8) is 0 Å². The predicted molar refractivity (Wildman–Crippen MR) is 99.7 cm³/mol. The van der Waals surface area contributed by atoms with E-state index >= 15 is 0 Å². The van der Waals surface area contributed by atoms with Gasteiger partial charge in [0.15, 0.2) is 0 Å². The Morgan fingerprint density at radius 2 is 2.04 bits per heavy atom. The molecule has 0 spiro atoms. The van der Waals surface area contributed by atoms with Crippen LogP contribution in [0.15, 0.2) is 36.8 Å². The summed E-state index contributed by atoms with van der Waals surface area (Å²) < 4.78 is 7.53. The Morgan fingerprint density at radius 1 is 1.24 bits per heavy atom. The number of para-hydroxylation sites is 1. The van der Waals surface area contributed by atoms with Gasteiger partial charge in [0.25, 0.3) is 0 Å². The van der Waals surface area contributed by atoms with Gasteiger partial charge in [0.05, 0.1) is 19.2 Å².